The van der Waals surface area contributed by atoms with Crippen molar-refractivity contribution in [2.45, 2.75) is 20.4 Å². The van der Waals surface area contributed by atoms with E-state index in [4.69, 9.17) is 0 Å². The number of rotatable bonds is 3. The Morgan fingerprint density at radius 1 is 1.38 bits per heavy atom. The molecule has 1 N–H and O–H groups in total. The first-order chi connectivity index (χ1) is 6.02. The van der Waals surface area contributed by atoms with Gasteiger partial charge in [0.1, 0.15) is 0 Å². The molecular weight excluding hydrogens is 166 g/mol. The molecule has 0 fully saturated rings. The molecule has 74 valence electrons. The average molecular weight is 183 g/mol. The van der Waals surface area contributed by atoms with Crippen molar-refractivity contribution in [3.63, 3.8) is 0 Å². The molecule has 0 unspecified atom stereocenters. The third-order valence-electron chi connectivity index (χ3n) is 2.20. The van der Waals surface area contributed by atoms with Gasteiger partial charge in [0.2, 0.25) is 0 Å². The number of aromatic nitrogens is 2. The number of hydrogen-bond donors (Lipinski definition) is 1. The molecule has 1 aromatic rings. The summed E-state index contributed by atoms with van der Waals surface area (Å²) in [7, 11) is 3.99. The molecule has 0 aliphatic heterocycles. The number of nitrogens with one attached hydrogen (secondary N) is 1. The van der Waals surface area contributed by atoms with Crippen molar-refractivity contribution in [2.24, 2.45) is 0 Å². The minimum absolute atomic E-state index is 0.0966. The number of aromatic amines is 1. The van der Waals surface area contributed by atoms with E-state index in [1.54, 1.807) is 4.68 Å². The molecule has 4 nitrogen and oxygen atoms in total. The van der Waals surface area contributed by atoms with Gasteiger partial charge in [0.15, 0.2) is 0 Å². The Balaban J connectivity index is 2.79. The van der Waals surface area contributed by atoms with E-state index < -0.39 is 0 Å². The van der Waals surface area contributed by atoms with Crippen LogP contribution in [0.3, 0.4) is 0 Å². The summed E-state index contributed by atoms with van der Waals surface area (Å²) in [6.45, 7) is 5.36. The first kappa shape index (κ1) is 10.1. The largest absolute Gasteiger partial charge is 0.308 e. The highest BCUT2D eigenvalue weighted by atomic mass is 16.1. The molecule has 0 saturated heterocycles. The molecule has 1 rings (SSSR count). The number of likely N-dealkylation sites (N-methyl/N-ethyl adjacent to an activating group) is 1. The molecular formula is C9H17N3O. The maximum Gasteiger partial charge on any atom is 0.269 e. The molecule has 1 heterocycles. The smallest absolute Gasteiger partial charge is 0.269 e. The van der Waals surface area contributed by atoms with Crippen molar-refractivity contribution in [3.05, 3.63) is 21.6 Å². The van der Waals surface area contributed by atoms with Crippen molar-refractivity contribution >= 4 is 0 Å². The fourth-order valence-electron chi connectivity index (χ4n) is 1.16. The van der Waals surface area contributed by atoms with Crippen LogP contribution in [0.2, 0.25) is 0 Å². The lowest BCUT2D eigenvalue weighted by Gasteiger charge is -2.08. The van der Waals surface area contributed by atoms with Gasteiger partial charge in [-0.2, -0.15) is 0 Å². The fraction of sp³-hybridized carbons (Fsp3) is 0.667. The van der Waals surface area contributed by atoms with Crippen molar-refractivity contribution < 1.29 is 0 Å². The second kappa shape index (κ2) is 3.79. The summed E-state index contributed by atoms with van der Waals surface area (Å²) in [6.07, 6.45) is 0. The SMILES string of the molecule is Cc1[nH]n(CCN(C)C)c(=O)c1C. The minimum atomic E-state index is 0.0966. The Bertz CT molecular complexity index is 335. The molecule has 0 amide bonds. The van der Waals surface area contributed by atoms with Gasteiger partial charge in [-0.05, 0) is 27.9 Å². The van der Waals surface area contributed by atoms with Crippen LogP contribution in [0.5, 0.6) is 0 Å². The van der Waals surface area contributed by atoms with Crippen LogP contribution in [-0.2, 0) is 6.54 Å². The van der Waals surface area contributed by atoms with Gasteiger partial charge >= 0.3 is 0 Å². The molecule has 13 heavy (non-hydrogen) atoms. The van der Waals surface area contributed by atoms with E-state index in [1.165, 1.54) is 0 Å². The molecule has 0 aliphatic carbocycles. The molecule has 0 aromatic carbocycles. The van der Waals surface area contributed by atoms with Gasteiger partial charge in [-0.1, -0.05) is 0 Å². The van der Waals surface area contributed by atoms with Crippen LogP contribution in [0, 0.1) is 13.8 Å². The standard InChI is InChI=1S/C9H17N3O/c1-7-8(2)10-12(9(7)13)6-5-11(3)4/h10H,5-6H2,1-4H3. The van der Waals surface area contributed by atoms with E-state index >= 15 is 0 Å². The zero-order chi connectivity index (χ0) is 10.0. The van der Waals surface area contributed by atoms with Crippen molar-refractivity contribution in [1.29, 1.82) is 0 Å². The summed E-state index contributed by atoms with van der Waals surface area (Å²) in [5, 5.41) is 3.05. The lowest BCUT2D eigenvalue weighted by molar-refractivity contribution is 0.369. The molecule has 0 aliphatic rings. The topological polar surface area (TPSA) is 41.0 Å². The van der Waals surface area contributed by atoms with Crippen LogP contribution < -0.4 is 5.56 Å². The minimum Gasteiger partial charge on any atom is -0.308 e. The number of hydrogen-bond acceptors (Lipinski definition) is 2. The highest BCUT2D eigenvalue weighted by Gasteiger charge is 2.05. The third kappa shape index (κ3) is 2.21. The second-order valence-corrected chi connectivity index (χ2v) is 3.62. The van der Waals surface area contributed by atoms with Gasteiger partial charge in [-0.25, -0.2) is 0 Å². The predicted molar refractivity (Wildman–Crippen MR) is 53.1 cm³/mol. The maximum absolute atomic E-state index is 11.5. The highest BCUT2D eigenvalue weighted by Crippen LogP contribution is 1.95. The zero-order valence-corrected chi connectivity index (χ0v) is 8.72. The van der Waals surface area contributed by atoms with E-state index in [0.29, 0.717) is 0 Å². The maximum atomic E-state index is 11.5. The van der Waals surface area contributed by atoms with E-state index in [-0.39, 0.29) is 5.56 Å². The van der Waals surface area contributed by atoms with Crippen LogP contribution in [0.1, 0.15) is 11.3 Å². The molecule has 0 radical (unpaired) electrons. The summed E-state index contributed by atoms with van der Waals surface area (Å²) in [5.41, 5.74) is 1.88. The van der Waals surface area contributed by atoms with Gasteiger partial charge in [0, 0.05) is 17.8 Å². The fourth-order valence-corrected chi connectivity index (χ4v) is 1.16. The van der Waals surface area contributed by atoms with Gasteiger partial charge < -0.3 is 4.90 Å². The van der Waals surface area contributed by atoms with Crippen LogP contribution in [-0.4, -0.2) is 35.3 Å². The van der Waals surface area contributed by atoms with Crippen molar-refractivity contribution in [3.8, 4) is 0 Å². The summed E-state index contributed by atoms with van der Waals surface area (Å²) in [5.74, 6) is 0. The molecule has 1 aromatic heterocycles. The molecule has 4 heteroatoms. The van der Waals surface area contributed by atoms with Gasteiger partial charge in [-0.3, -0.25) is 14.6 Å². The van der Waals surface area contributed by atoms with Crippen LogP contribution in [0.4, 0.5) is 0 Å². The summed E-state index contributed by atoms with van der Waals surface area (Å²) >= 11 is 0. The van der Waals surface area contributed by atoms with Crippen molar-refractivity contribution in [1.82, 2.24) is 14.7 Å². The molecule has 0 bridgehead atoms. The quantitative estimate of drug-likeness (QED) is 0.735. The molecule has 0 saturated carbocycles. The van der Waals surface area contributed by atoms with E-state index in [2.05, 4.69) is 10.00 Å². The number of nitrogens with zero attached hydrogens (tertiary/aromatic N) is 2. The number of aryl methyl sites for hydroxylation is 1. The second-order valence-electron chi connectivity index (χ2n) is 3.62. The first-order valence-electron chi connectivity index (χ1n) is 4.43. The Labute approximate surface area is 78.1 Å². The van der Waals surface area contributed by atoms with E-state index in [1.807, 2.05) is 27.9 Å². The van der Waals surface area contributed by atoms with Crippen LogP contribution in [0.15, 0.2) is 4.79 Å². The highest BCUT2D eigenvalue weighted by molar-refractivity contribution is 5.12. The van der Waals surface area contributed by atoms with Crippen molar-refractivity contribution in [2.75, 3.05) is 20.6 Å². The van der Waals surface area contributed by atoms with Crippen LogP contribution in [0.25, 0.3) is 0 Å². The zero-order valence-electron chi connectivity index (χ0n) is 8.72. The summed E-state index contributed by atoms with van der Waals surface area (Å²) in [6, 6.07) is 0. The Hall–Kier alpha value is -1.03. The lowest BCUT2D eigenvalue weighted by Crippen LogP contribution is -2.25. The summed E-state index contributed by atoms with van der Waals surface area (Å²) < 4.78 is 1.66. The Morgan fingerprint density at radius 2 is 2.00 bits per heavy atom. The average Bonchev–Trinajstić information content (AvgIpc) is 2.29. The monoisotopic (exact) mass is 183 g/mol. The van der Waals surface area contributed by atoms with Gasteiger partial charge in [0.05, 0.1) is 6.54 Å². The summed E-state index contributed by atoms with van der Waals surface area (Å²) in [4.78, 5) is 13.6. The third-order valence-corrected chi connectivity index (χ3v) is 2.20. The van der Waals surface area contributed by atoms with E-state index in [9.17, 15) is 4.79 Å². The van der Waals surface area contributed by atoms with E-state index in [0.717, 1.165) is 24.3 Å². The Kier molecular flexibility index (Phi) is 2.93. The predicted octanol–water partition coefficient (Wildman–Crippen LogP) is 0.355. The first-order valence-corrected chi connectivity index (χ1v) is 4.43. The normalized spacial score (nSPS) is 11.2. The Morgan fingerprint density at radius 3 is 2.38 bits per heavy atom. The molecule has 0 atom stereocenters. The number of H-pyrrole nitrogens is 1. The van der Waals surface area contributed by atoms with Gasteiger partial charge in [-0.15, -0.1) is 0 Å². The van der Waals surface area contributed by atoms with Gasteiger partial charge in [0.25, 0.3) is 5.56 Å². The lowest BCUT2D eigenvalue weighted by atomic mass is 10.3. The molecule has 0 spiro atoms. The van der Waals surface area contributed by atoms with Crippen LogP contribution >= 0.6 is 0 Å².